The predicted octanol–water partition coefficient (Wildman–Crippen LogP) is 2.46. The van der Waals surface area contributed by atoms with Crippen LogP contribution < -0.4 is 5.73 Å². The highest BCUT2D eigenvalue weighted by molar-refractivity contribution is 4.81. The van der Waals surface area contributed by atoms with Crippen LogP contribution >= 0.6 is 0 Å². The van der Waals surface area contributed by atoms with E-state index < -0.39 is 5.54 Å². The molecular weight excluding hydrogens is 214 g/mol. The lowest BCUT2D eigenvalue weighted by Crippen LogP contribution is -2.44. The Balaban J connectivity index is 2.32. The number of hydrogen-bond donors (Lipinski definition) is 2. The molecule has 0 aromatic rings. The number of aliphatic hydroxyl groups is 1. The van der Waals surface area contributed by atoms with Gasteiger partial charge in [0, 0.05) is 5.54 Å². The number of hydrogen-bond acceptors (Lipinski definition) is 3. The summed E-state index contributed by atoms with van der Waals surface area (Å²) in [5.41, 5.74) is 5.43. The SMILES string of the molecule is CCC1CCCC(OC(C)CC(C)(N)CO)C1. The van der Waals surface area contributed by atoms with Crippen LogP contribution in [0.25, 0.3) is 0 Å². The quantitative estimate of drug-likeness (QED) is 0.753. The first-order valence-electron chi connectivity index (χ1n) is 7.02. The third kappa shape index (κ3) is 5.36. The molecular formula is C14H29NO2. The van der Waals surface area contributed by atoms with E-state index in [1.807, 2.05) is 6.92 Å². The smallest absolute Gasteiger partial charge is 0.0609 e. The van der Waals surface area contributed by atoms with Crippen molar-refractivity contribution in [3.05, 3.63) is 0 Å². The average molecular weight is 243 g/mol. The fourth-order valence-corrected chi connectivity index (χ4v) is 2.83. The molecule has 0 spiro atoms. The maximum atomic E-state index is 9.15. The summed E-state index contributed by atoms with van der Waals surface area (Å²) >= 11 is 0. The fraction of sp³-hybridized carbons (Fsp3) is 1.00. The molecule has 0 aliphatic heterocycles. The van der Waals surface area contributed by atoms with Gasteiger partial charge in [0.1, 0.15) is 0 Å². The Hall–Kier alpha value is -0.120. The molecule has 3 heteroatoms. The highest BCUT2D eigenvalue weighted by atomic mass is 16.5. The molecule has 0 aromatic heterocycles. The minimum Gasteiger partial charge on any atom is -0.394 e. The summed E-state index contributed by atoms with van der Waals surface area (Å²) in [6, 6.07) is 0. The van der Waals surface area contributed by atoms with E-state index in [1.54, 1.807) is 0 Å². The van der Waals surface area contributed by atoms with Gasteiger partial charge in [0.05, 0.1) is 18.8 Å². The first kappa shape index (κ1) is 14.9. The zero-order valence-electron chi connectivity index (χ0n) is 11.6. The zero-order chi connectivity index (χ0) is 12.9. The maximum Gasteiger partial charge on any atom is 0.0609 e. The number of aliphatic hydroxyl groups excluding tert-OH is 1. The van der Waals surface area contributed by atoms with Gasteiger partial charge in [-0.15, -0.1) is 0 Å². The Morgan fingerprint density at radius 1 is 1.47 bits per heavy atom. The summed E-state index contributed by atoms with van der Waals surface area (Å²) in [7, 11) is 0. The van der Waals surface area contributed by atoms with E-state index in [9.17, 15) is 0 Å². The fourth-order valence-electron chi connectivity index (χ4n) is 2.83. The molecule has 1 aliphatic rings. The van der Waals surface area contributed by atoms with Crippen molar-refractivity contribution < 1.29 is 9.84 Å². The van der Waals surface area contributed by atoms with Crippen molar-refractivity contribution in [2.75, 3.05) is 6.61 Å². The van der Waals surface area contributed by atoms with Crippen molar-refractivity contribution in [1.82, 2.24) is 0 Å². The number of rotatable bonds is 6. The van der Waals surface area contributed by atoms with Crippen molar-refractivity contribution in [2.45, 2.75) is 77.0 Å². The molecule has 102 valence electrons. The Morgan fingerprint density at radius 3 is 2.76 bits per heavy atom. The van der Waals surface area contributed by atoms with E-state index >= 15 is 0 Å². The molecule has 4 unspecified atom stereocenters. The van der Waals surface area contributed by atoms with Crippen molar-refractivity contribution in [3.8, 4) is 0 Å². The molecule has 0 bridgehead atoms. The van der Waals surface area contributed by atoms with E-state index in [0.717, 1.165) is 12.3 Å². The molecule has 0 saturated heterocycles. The second kappa shape index (κ2) is 6.72. The van der Waals surface area contributed by atoms with Gasteiger partial charge in [-0.3, -0.25) is 0 Å². The second-order valence-corrected chi connectivity index (χ2v) is 6.03. The van der Waals surface area contributed by atoms with Gasteiger partial charge >= 0.3 is 0 Å². The van der Waals surface area contributed by atoms with Gasteiger partial charge in [-0.25, -0.2) is 0 Å². The van der Waals surface area contributed by atoms with E-state index in [1.165, 1.54) is 32.1 Å². The minimum absolute atomic E-state index is 0.0168. The molecule has 0 radical (unpaired) electrons. The summed E-state index contributed by atoms with van der Waals surface area (Å²) in [4.78, 5) is 0. The molecule has 1 aliphatic carbocycles. The van der Waals surface area contributed by atoms with Gasteiger partial charge in [-0.1, -0.05) is 26.2 Å². The van der Waals surface area contributed by atoms with E-state index in [0.29, 0.717) is 6.10 Å². The van der Waals surface area contributed by atoms with Gasteiger partial charge in [0.15, 0.2) is 0 Å². The summed E-state index contributed by atoms with van der Waals surface area (Å²) in [6.07, 6.45) is 7.54. The first-order chi connectivity index (χ1) is 7.96. The molecule has 3 N–H and O–H groups in total. The van der Waals surface area contributed by atoms with Crippen LogP contribution in [0.5, 0.6) is 0 Å². The lowest BCUT2D eigenvalue weighted by Gasteiger charge is -2.33. The van der Waals surface area contributed by atoms with Crippen molar-refractivity contribution >= 4 is 0 Å². The Labute approximate surface area is 106 Å². The summed E-state index contributed by atoms with van der Waals surface area (Å²) < 4.78 is 6.07. The Morgan fingerprint density at radius 2 is 2.18 bits per heavy atom. The van der Waals surface area contributed by atoms with Gasteiger partial charge in [-0.05, 0) is 39.0 Å². The largest absolute Gasteiger partial charge is 0.394 e. The lowest BCUT2D eigenvalue weighted by atomic mass is 9.85. The summed E-state index contributed by atoms with van der Waals surface area (Å²) in [5.74, 6) is 0.836. The number of ether oxygens (including phenoxy) is 1. The molecule has 17 heavy (non-hydrogen) atoms. The normalized spacial score (nSPS) is 30.9. The van der Waals surface area contributed by atoms with Crippen LogP contribution in [0, 0.1) is 5.92 Å². The van der Waals surface area contributed by atoms with Crippen LogP contribution in [-0.4, -0.2) is 29.5 Å². The van der Waals surface area contributed by atoms with Crippen LogP contribution in [0.1, 0.15) is 59.3 Å². The number of nitrogens with two attached hydrogens (primary N) is 1. The van der Waals surface area contributed by atoms with Crippen LogP contribution in [0.4, 0.5) is 0 Å². The predicted molar refractivity (Wildman–Crippen MR) is 70.9 cm³/mol. The van der Waals surface area contributed by atoms with Gasteiger partial charge in [0.2, 0.25) is 0 Å². The molecule has 0 aromatic carbocycles. The monoisotopic (exact) mass is 243 g/mol. The van der Waals surface area contributed by atoms with E-state index in [2.05, 4.69) is 13.8 Å². The standard InChI is InChI=1S/C14H29NO2/c1-4-12-6-5-7-13(8-12)17-11(2)9-14(3,15)10-16/h11-13,16H,4-10,15H2,1-3H3. The van der Waals surface area contributed by atoms with Gasteiger partial charge in [0.25, 0.3) is 0 Å². The Bertz CT molecular complexity index is 218. The minimum atomic E-state index is -0.516. The third-order valence-corrected chi connectivity index (χ3v) is 3.85. The summed E-state index contributed by atoms with van der Waals surface area (Å²) in [5, 5.41) is 9.15. The molecule has 0 amide bonds. The highest BCUT2D eigenvalue weighted by Crippen LogP contribution is 2.29. The first-order valence-corrected chi connectivity index (χ1v) is 7.02. The van der Waals surface area contributed by atoms with E-state index in [4.69, 9.17) is 15.6 Å². The van der Waals surface area contributed by atoms with Crippen LogP contribution in [0.3, 0.4) is 0 Å². The molecule has 3 nitrogen and oxygen atoms in total. The molecule has 1 rings (SSSR count). The highest BCUT2D eigenvalue weighted by Gasteiger charge is 2.26. The molecule has 1 saturated carbocycles. The lowest BCUT2D eigenvalue weighted by molar-refractivity contribution is -0.0457. The Kier molecular flexibility index (Phi) is 5.90. The zero-order valence-corrected chi connectivity index (χ0v) is 11.6. The van der Waals surface area contributed by atoms with Crippen LogP contribution in [-0.2, 0) is 4.74 Å². The average Bonchev–Trinajstić information content (AvgIpc) is 2.28. The third-order valence-electron chi connectivity index (χ3n) is 3.85. The van der Waals surface area contributed by atoms with E-state index in [-0.39, 0.29) is 12.7 Å². The maximum absolute atomic E-state index is 9.15. The van der Waals surface area contributed by atoms with Crippen molar-refractivity contribution in [2.24, 2.45) is 11.7 Å². The van der Waals surface area contributed by atoms with Gasteiger partial charge < -0.3 is 15.6 Å². The van der Waals surface area contributed by atoms with Crippen LogP contribution in [0.15, 0.2) is 0 Å². The molecule has 1 fully saturated rings. The van der Waals surface area contributed by atoms with Crippen molar-refractivity contribution in [3.63, 3.8) is 0 Å². The molecule has 0 heterocycles. The van der Waals surface area contributed by atoms with Gasteiger partial charge in [-0.2, -0.15) is 0 Å². The van der Waals surface area contributed by atoms with Crippen LogP contribution in [0.2, 0.25) is 0 Å². The summed E-state index contributed by atoms with van der Waals surface area (Å²) in [6.45, 7) is 6.22. The molecule has 4 atom stereocenters. The second-order valence-electron chi connectivity index (χ2n) is 6.03. The van der Waals surface area contributed by atoms with Crippen molar-refractivity contribution in [1.29, 1.82) is 0 Å². The topological polar surface area (TPSA) is 55.5 Å².